The molecule has 1 aromatic carbocycles. The molecule has 2 atom stereocenters. The maximum absolute atomic E-state index is 12.8. The van der Waals surface area contributed by atoms with E-state index in [-0.39, 0.29) is 17.9 Å². The van der Waals surface area contributed by atoms with Crippen molar-refractivity contribution in [3.8, 4) is 0 Å². The maximum atomic E-state index is 12.8. The van der Waals surface area contributed by atoms with Gasteiger partial charge in [-0.25, -0.2) is 0 Å². The molecule has 5 heteroatoms. The Bertz CT molecular complexity index is 635. The summed E-state index contributed by atoms with van der Waals surface area (Å²) in [6, 6.07) is 13.5. The molecular weight excluding hydrogens is 306 g/mol. The van der Waals surface area contributed by atoms with Crippen LogP contribution in [0.25, 0.3) is 0 Å². The number of likely N-dealkylation sites (tertiary alicyclic amines) is 1. The number of ether oxygens (including phenoxy) is 2. The fourth-order valence-corrected chi connectivity index (χ4v) is 3.17. The van der Waals surface area contributed by atoms with E-state index >= 15 is 0 Å². The molecule has 0 radical (unpaired) electrons. The third kappa shape index (κ3) is 3.23. The first-order valence-corrected chi connectivity index (χ1v) is 8.37. The summed E-state index contributed by atoms with van der Waals surface area (Å²) in [4.78, 5) is 14.6. The molecule has 1 aliphatic rings. The van der Waals surface area contributed by atoms with Gasteiger partial charge in [-0.3, -0.25) is 4.79 Å². The second-order valence-corrected chi connectivity index (χ2v) is 5.72. The Balaban J connectivity index is 1.83. The van der Waals surface area contributed by atoms with Crippen molar-refractivity contribution in [2.45, 2.75) is 32.7 Å². The summed E-state index contributed by atoms with van der Waals surface area (Å²) in [5.41, 5.74) is 1.09. The van der Waals surface area contributed by atoms with E-state index in [1.165, 1.54) is 0 Å². The number of nitrogens with zero attached hydrogens (tertiary/aromatic N) is 1. The van der Waals surface area contributed by atoms with E-state index in [1.807, 2.05) is 61.2 Å². The minimum Gasteiger partial charge on any atom is -0.467 e. The van der Waals surface area contributed by atoms with Gasteiger partial charge in [0.15, 0.2) is 6.29 Å². The van der Waals surface area contributed by atoms with Crippen LogP contribution in [0.2, 0.25) is 0 Å². The number of amides is 1. The van der Waals surface area contributed by atoms with Crippen LogP contribution in [0.4, 0.5) is 0 Å². The van der Waals surface area contributed by atoms with Gasteiger partial charge >= 0.3 is 0 Å². The lowest BCUT2D eigenvalue weighted by atomic mass is 9.84. The van der Waals surface area contributed by atoms with Crippen LogP contribution in [-0.2, 0) is 20.8 Å². The quantitative estimate of drug-likeness (QED) is 0.550. The van der Waals surface area contributed by atoms with Crippen LogP contribution < -0.4 is 0 Å². The SMILES string of the molecule is CCOC(OCC)C1C(=O)N(Cc2ccccc2)C1c1ccco1. The summed E-state index contributed by atoms with van der Waals surface area (Å²) in [5.74, 6) is 0.423. The average Bonchev–Trinajstić information content (AvgIpc) is 3.12. The van der Waals surface area contributed by atoms with Crippen molar-refractivity contribution in [2.75, 3.05) is 13.2 Å². The molecule has 1 aromatic heterocycles. The van der Waals surface area contributed by atoms with Crippen LogP contribution in [-0.4, -0.2) is 30.3 Å². The molecule has 128 valence electrons. The third-order valence-corrected chi connectivity index (χ3v) is 4.23. The molecular formula is C19H23NO4. The number of benzene rings is 1. The Labute approximate surface area is 142 Å². The number of carbonyl (C=O) groups is 1. The van der Waals surface area contributed by atoms with Gasteiger partial charge in [-0.2, -0.15) is 0 Å². The molecule has 1 aliphatic heterocycles. The molecule has 0 bridgehead atoms. The van der Waals surface area contributed by atoms with Crippen LogP contribution in [0, 0.1) is 5.92 Å². The molecule has 0 spiro atoms. The van der Waals surface area contributed by atoms with Crippen LogP contribution in [0.3, 0.4) is 0 Å². The number of carbonyl (C=O) groups excluding carboxylic acids is 1. The zero-order valence-corrected chi connectivity index (χ0v) is 14.1. The van der Waals surface area contributed by atoms with Crippen molar-refractivity contribution in [3.05, 3.63) is 60.1 Å². The molecule has 0 saturated carbocycles. The highest BCUT2D eigenvalue weighted by Gasteiger charge is 2.54. The molecule has 2 heterocycles. The molecule has 5 nitrogen and oxygen atoms in total. The lowest BCUT2D eigenvalue weighted by molar-refractivity contribution is -0.218. The van der Waals surface area contributed by atoms with E-state index in [9.17, 15) is 4.79 Å². The van der Waals surface area contributed by atoms with Gasteiger partial charge < -0.3 is 18.8 Å². The predicted octanol–water partition coefficient (Wildman–Crippen LogP) is 3.38. The highest BCUT2D eigenvalue weighted by molar-refractivity contribution is 5.86. The summed E-state index contributed by atoms with van der Waals surface area (Å²) < 4.78 is 16.9. The molecule has 1 fully saturated rings. The van der Waals surface area contributed by atoms with Crippen molar-refractivity contribution in [2.24, 2.45) is 5.92 Å². The highest BCUT2D eigenvalue weighted by atomic mass is 16.7. The predicted molar refractivity (Wildman–Crippen MR) is 89.0 cm³/mol. The van der Waals surface area contributed by atoms with E-state index in [1.54, 1.807) is 6.26 Å². The van der Waals surface area contributed by atoms with Crippen LogP contribution >= 0.6 is 0 Å². The normalized spacial score (nSPS) is 20.5. The molecule has 1 amide bonds. The lowest BCUT2D eigenvalue weighted by Crippen LogP contribution is -2.59. The Morgan fingerprint density at radius 3 is 2.38 bits per heavy atom. The van der Waals surface area contributed by atoms with Gasteiger partial charge in [-0.05, 0) is 31.5 Å². The molecule has 1 saturated heterocycles. The second-order valence-electron chi connectivity index (χ2n) is 5.72. The summed E-state index contributed by atoms with van der Waals surface area (Å²) in [5, 5.41) is 0. The van der Waals surface area contributed by atoms with E-state index < -0.39 is 6.29 Å². The highest BCUT2D eigenvalue weighted by Crippen LogP contribution is 2.44. The fraction of sp³-hybridized carbons (Fsp3) is 0.421. The van der Waals surface area contributed by atoms with Gasteiger partial charge in [-0.1, -0.05) is 30.3 Å². The summed E-state index contributed by atoms with van der Waals surface area (Å²) >= 11 is 0. The van der Waals surface area contributed by atoms with Gasteiger partial charge in [0.2, 0.25) is 5.91 Å². The van der Waals surface area contributed by atoms with Gasteiger partial charge in [0, 0.05) is 19.8 Å². The van der Waals surface area contributed by atoms with Crippen LogP contribution in [0.15, 0.2) is 53.1 Å². The lowest BCUT2D eigenvalue weighted by Gasteiger charge is -2.48. The van der Waals surface area contributed by atoms with Gasteiger partial charge in [-0.15, -0.1) is 0 Å². The first-order valence-electron chi connectivity index (χ1n) is 8.37. The van der Waals surface area contributed by atoms with Crippen molar-refractivity contribution in [1.82, 2.24) is 4.90 Å². The van der Waals surface area contributed by atoms with Crippen molar-refractivity contribution >= 4 is 5.91 Å². The Kier molecular flexibility index (Phi) is 5.33. The second kappa shape index (κ2) is 7.64. The standard InChI is InChI=1S/C19H23NO4/c1-3-22-19(23-4-2)16-17(15-11-8-12-24-15)20(18(16)21)13-14-9-6-5-7-10-14/h5-12,16-17,19H,3-4,13H2,1-2H3. The van der Waals surface area contributed by atoms with E-state index in [2.05, 4.69) is 0 Å². The van der Waals surface area contributed by atoms with Gasteiger partial charge in [0.1, 0.15) is 17.7 Å². The molecule has 24 heavy (non-hydrogen) atoms. The molecule has 2 aromatic rings. The summed E-state index contributed by atoms with van der Waals surface area (Å²) in [6.45, 7) is 5.35. The zero-order valence-electron chi connectivity index (χ0n) is 14.1. The first kappa shape index (κ1) is 16.7. The Morgan fingerprint density at radius 1 is 1.08 bits per heavy atom. The first-order chi connectivity index (χ1) is 11.8. The van der Waals surface area contributed by atoms with Crippen LogP contribution in [0.5, 0.6) is 0 Å². The van der Waals surface area contributed by atoms with Crippen molar-refractivity contribution < 1.29 is 18.7 Å². The van der Waals surface area contributed by atoms with E-state index in [4.69, 9.17) is 13.9 Å². The molecule has 2 unspecified atom stereocenters. The monoisotopic (exact) mass is 329 g/mol. The average molecular weight is 329 g/mol. The number of hydrogen-bond acceptors (Lipinski definition) is 4. The number of hydrogen-bond donors (Lipinski definition) is 0. The van der Waals surface area contributed by atoms with Gasteiger partial charge in [0.25, 0.3) is 0 Å². The number of β-lactam (4-membered cyclic amide) rings is 1. The van der Waals surface area contributed by atoms with E-state index in [0.29, 0.717) is 19.8 Å². The molecule has 0 aliphatic carbocycles. The van der Waals surface area contributed by atoms with Crippen molar-refractivity contribution in [3.63, 3.8) is 0 Å². The van der Waals surface area contributed by atoms with Gasteiger partial charge in [0.05, 0.1) is 6.26 Å². The minimum atomic E-state index is -0.547. The fourth-order valence-electron chi connectivity index (χ4n) is 3.17. The van der Waals surface area contributed by atoms with E-state index in [0.717, 1.165) is 11.3 Å². The largest absolute Gasteiger partial charge is 0.467 e. The number of furan rings is 1. The Hall–Kier alpha value is -2.11. The summed E-state index contributed by atoms with van der Waals surface area (Å²) in [7, 11) is 0. The van der Waals surface area contributed by atoms with Crippen molar-refractivity contribution in [1.29, 1.82) is 0 Å². The topological polar surface area (TPSA) is 51.9 Å². The third-order valence-electron chi connectivity index (χ3n) is 4.23. The summed E-state index contributed by atoms with van der Waals surface area (Å²) in [6.07, 6.45) is 1.08. The Morgan fingerprint density at radius 2 is 1.79 bits per heavy atom. The smallest absolute Gasteiger partial charge is 0.234 e. The maximum Gasteiger partial charge on any atom is 0.234 e. The molecule has 0 N–H and O–H groups in total. The zero-order chi connectivity index (χ0) is 16.9. The number of rotatable bonds is 8. The van der Waals surface area contributed by atoms with Crippen LogP contribution in [0.1, 0.15) is 31.2 Å². The minimum absolute atomic E-state index is 0.0344. The molecule has 3 rings (SSSR count).